The average Bonchev–Trinajstić information content (AvgIpc) is 3.14. The molecule has 2 nitrogen and oxygen atoms in total. The average molecular weight is 661 g/mol. The second kappa shape index (κ2) is 17.9. The van der Waals surface area contributed by atoms with Crippen molar-refractivity contribution >= 4 is 0 Å². The molecule has 2 heteroatoms. The molecule has 0 amide bonds. The number of hydrogen-bond donors (Lipinski definition) is 0. The molecule has 0 radical (unpaired) electrons. The Morgan fingerprint density at radius 3 is 0.938 bits per heavy atom. The smallest absolute Gasteiger partial charge is 0.0102 e. The summed E-state index contributed by atoms with van der Waals surface area (Å²) in [5.74, 6) is 5.77. The fourth-order valence-corrected chi connectivity index (χ4v) is 13.2. The molecule has 7 fully saturated rings. The number of nitrogens with zero attached hydrogens (tertiary/aromatic N) is 2. The van der Waals surface area contributed by atoms with Gasteiger partial charge in [0.2, 0.25) is 0 Å². The lowest BCUT2D eigenvalue weighted by Gasteiger charge is -2.49. The molecule has 48 heavy (non-hydrogen) atoms. The van der Waals surface area contributed by atoms with Crippen molar-refractivity contribution in [1.29, 1.82) is 0 Å². The van der Waals surface area contributed by atoms with E-state index in [0.29, 0.717) is 0 Å². The van der Waals surface area contributed by atoms with E-state index >= 15 is 0 Å². The van der Waals surface area contributed by atoms with Gasteiger partial charge in [-0.2, -0.15) is 0 Å². The molecule has 0 N–H and O–H groups in total. The Labute approximate surface area is 299 Å². The Balaban J connectivity index is 0.845. The predicted molar refractivity (Wildman–Crippen MR) is 206 cm³/mol. The summed E-state index contributed by atoms with van der Waals surface area (Å²) in [6.45, 7) is 5.00. The molecule has 7 aliphatic carbocycles. The lowest BCUT2D eigenvalue weighted by molar-refractivity contribution is 0.00795. The van der Waals surface area contributed by atoms with Crippen molar-refractivity contribution in [2.45, 2.75) is 243 Å². The van der Waals surface area contributed by atoms with Crippen LogP contribution in [0.1, 0.15) is 206 Å². The van der Waals surface area contributed by atoms with Gasteiger partial charge in [0, 0.05) is 36.3 Å². The van der Waals surface area contributed by atoms with E-state index in [4.69, 9.17) is 0 Å². The quantitative estimate of drug-likeness (QED) is 0.227. The van der Waals surface area contributed by atoms with Gasteiger partial charge in [-0.25, -0.2) is 0 Å². The Hall–Kier alpha value is -0.340. The van der Waals surface area contributed by atoms with Crippen molar-refractivity contribution in [2.75, 3.05) is 0 Å². The second-order valence-corrected chi connectivity index (χ2v) is 19.5. The van der Waals surface area contributed by atoms with Crippen LogP contribution < -0.4 is 0 Å². The molecule has 0 aliphatic heterocycles. The molecule has 0 saturated heterocycles. The summed E-state index contributed by atoms with van der Waals surface area (Å²) in [4.78, 5) is 6.37. The maximum atomic E-state index is 3.19. The largest absolute Gasteiger partial charge is 0.294 e. The van der Waals surface area contributed by atoms with Crippen molar-refractivity contribution in [3.63, 3.8) is 0 Å². The van der Waals surface area contributed by atoms with Crippen LogP contribution in [0.4, 0.5) is 0 Å². The molecule has 0 aromatic carbocycles. The first-order valence-corrected chi connectivity index (χ1v) is 22.8. The van der Waals surface area contributed by atoms with Crippen LogP contribution in [-0.2, 0) is 0 Å². The van der Waals surface area contributed by atoms with Crippen LogP contribution in [0.5, 0.6) is 0 Å². The first-order valence-electron chi connectivity index (χ1n) is 22.8. The maximum absolute atomic E-state index is 3.19. The minimum atomic E-state index is 0.866. The van der Waals surface area contributed by atoms with E-state index in [0.717, 1.165) is 71.8 Å². The highest BCUT2D eigenvalue weighted by atomic mass is 15.2. The zero-order chi connectivity index (χ0) is 32.7. The molecule has 0 bridgehead atoms. The number of rotatable bonds is 9. The monoisotopic (exact) mass is 661 g/mol. The van der Waals surface area contributed by atoms with E-state index < -0.39 is 0 Å². The van der Waals surface area contributed by atoms with Gasteiger partial charge in [-0.1, -0.05) is 64.5 Å². The second-order valence-electron chi connectivity index (χ2n) is 19.5. The Kier molecular flexibility index (Phi) is 13.5. The van der Waals surface area contributed by atoms with Gasteiger partial charge >= 0.3 is 0 Å². The van der Waals surface area contributed by atoms with Crippen molar-refractivity contribution in [2.24, 2.45) is 35.5 Å². The van der Waals surface area contributed by atoms with Gasteiger partial charge in [0.05, 0.1) is 0 Å². The predicted octanol–water partition coefficient (Wildman–Crippen LogP) is 12.9. The van der Waals surface area contributed by atoms with Crippen LogP contribution in [0.25, 0.3) is 0 Å². The van der Waals surface area contributed by atoms with Crippen LogP contribution in [0, 0.1) is 35.5 Å². The SMILES string of the molecule is CC1CCC(N(C2CCC(C)CC2)C2CCC(/C=C/C3CCC(C4CCC(N(C5CCCCC5)C5CCCCC5)CC4)CC3)CC2)CC1. The van der Waals surface area contributed by atoms with E-state index in [9.17, 15) is 0 Å². The summed E-state index contributed by atoms with van der Waals surface area (Å²) >= 11 is 0. The summed E-state index contributed by atoms with van der Waals surface area (Å²) in [7, 11) is 0. The molecular formula is C46H80N2. The molecule has 0 heterocycles. The Bertz CT molecular complexity index is 881. The highest BCUT2D eigenvalue weighted by Gasteiger charge is 2.39. The van der Waals surface area contributed by atoms with Gasteiger partial charge in [0.1, 0.15) is 0 Å². The summed E-state index contributed by atoms with van der Waals surface area (Å²) in [5, 5.41) is 0. The summed E-state index contributed by atoms with van der Waals surface area (Å²) in [5.41, 5.74) is 0. The van der Waals surface area contributed by atoms with Gasteiger partial charge in [-0.05, 0) is 190 Å². The van der Waals surface area contributed by atoms with Crippen LogP contribution in [0.3, 0.4) is 0 Å². The van der Waals surface area contributed by atoms with Gasteiger partial charge < -0.3 is 0 Å². The third kappa shape index (κ3) is 9.36. The van der Waals surface area contributed by atoms with Gasteiger partial charge in [-0.15, -0.1) is 0 Å². The van der Waals surface area contributed by atoms with E-state index in [-0.39, 0.29) is 0 Å². The molecule has 7 saturated carbocycles. The van der Waals surface area contributed by atoms with Crippen LogP contribution in [0.2, 0.25) is 0 Å². The fraction of sp³-hybridized carbons (Fsp3) is 0.957. The number of hydrogen-bond acceptors (Lipinski definition) is 2. The van der Waals surface area contributed by atoms with Crippen molar-refractivity contribution in [3.05, 3.63) is 12.2 Å². The first kappa shape index (κ1) is 36.0. The summed E-state index contributed by atoms with van der Waals surface area (Å²) in [6, 6.07) is 5.47. The van der Waals surface area contributed by atoms with Gasteiger partial charge in [0.15, 0.2) is 0 Å². The van der Waals surface area contributed by atoms with Crippen LogP contribution in [-0.4, -0.2) is 46.1 Å². The minimum Gasteiger partial charge on any atom is -0.294 e. The molecular weight excluding hydrogens is 581 g/mol. The summed E-state index contributed by atoms with van der Waals surface area (Å²) < 4.78 is 0. The van der Waals surface area contributed by atoms with E-state index in [1.54, 1.807) is 12.8 Å². The maximum Gasteiger partial charge on any atom is 0.0102 e. The van der Waals surface area contributed by atoms with Crippen molar-refractivity contribution < 1.29 is 0 Å². The van der Waals surface area contributed by atoms with Crippen LogP contribution >= 0.6 is 0 Å². The van der Waals surface area contributed by atoms with Crippen molar-refractivity contribution in [1.82, 2.24) is 9.80 Å². The molecule has 0 unspecified atom stereocenters. The third-order valence-electron chi connectivity index (χ3n) is 16.3. The Morgan fingerprint density at radius 2 is 0.562 bits per heavy atom. The van der Waals surface area contributed by atoms with Gasteiger partial charge in [-0.3, -0.25) is 9.80 Å². The zero-order valence-electron chi connectivity index (χ0n) is 32.2. The third-order valence-corrected chi connectivity index (χ3v) is 16.3. The molecule has 0 atom stereocenters. The summed E-state index contributed by atoms with van der Waals surface area (Å²) in [6.07, 6.45) is 50.4. The normalized spacial score (nSPS) is 41.7. The van der Waals surface area contributed by atoms with E-state index in [1.165, 1.54) is 180 Å². The van der Waals surface area contributed by atoms with Gasteiger partial charge in [0.25, 0.3) is 0 Å². The highest BCUT2D eigenvalue weighted by Crippen LogP contribution is 2.44. The Morgan fingerprint density at radius 1 is 0.292 bits per heavy atom. The van der Waals surface area contributed by atoms with Crippen LogP contribution in [0.15, 0.2) is 12.2 Å². The minimum absolute atomic E-state index is 0.866. The van der Waals surface area contributed by atoms with Crippen molar-refractivity contribution in [3.8, 4) is 0 Å². The molecule has 274 valence electrons. The van der Waals surface area contributed by atoms with E-state index in [1.807, 2.05) is 0 Å². The fourth-order valence-electron chi connectivity index (χ4n) is 13.2. The molecule has 7 aliphatic rings. The number of allylic oxidation sites excluding steroid dienone is 2. The lowest BCUT2D eigenvalue weighted by Crippen LogP contribution is -2.52. The van der Waals surface area contributed by atoms with E-state index in [2.05, 4.69) is 35.8 Å². The topological polar surface area (TPSA) is 6.48 Å². The molecule has 0 spiro atoms. The molecule has 0 aromatic heterocycles. The highest BCUT2D eigenvalue weighted by molar-refractivity contribution is 5.00. The zero-order valence-corrected chi connectivity index (χ0v) is 32.2. The first-order chi connectivity index (χ1) is 23.6. The standard InChI is InChI=1S/C46H80N2/c1-35-13-27-43(28-14-35)48(44-29-15-36(2)16-30-44)45-31-21-38(22-32-45)18-17-37-19-23-39(24-20-37)40-25-33-46(34-26-40)47(41-9-5-3-6-10-41)42-11-7-4-8-12-42/h17-18,35-46H,3-16,19-34H2,1-2H3/b18-17+. The molecule has 7 rings (SSSR count). The molecule has 0 aromatic rings. The lowest BCUT2D eigenvalue weighted by atomic mass is 9.69.